The van der Waals surface area contributed by atoms with E-state index in [1.54, 1.807) is 25.3 Å². The Morgan fingerprint density at radius 3 is 2.63 bits per heavy atom. The minimum absolute atomic E-state index is 0.0323. The van der Waals surface area contributed by atoms with Crippen molar-refractivity contribution in [2.45, 2.75) is 57.5 Å². The van der Waals surface area contributed by atoms with Crippen LogP contribution < -0.4 is 20.9 Å². The van der Waals surface area contributed by atoms with E-state index in [0.717, 1.165) is 84.4 Å². The van der Waals surface area contributed by atoms with Gasteiger partial charge in [0.05, 0.1) is 47.2 Å². The highest BCUT2D eigenvalue weighted by atomic mass is 35.5. The van der Waals surface area contributed by atoms with Gasteiger partial charge in [0.25, 0.3) is 5.56 Å². The van der Waals surface area contributed by atoms with Gasteiger partial charge in [0.1, 0.15) is 5.82 Å². The Bertz CT molecular complexity index is 2350. The van der Waals surface area contributed by atoms with Gasteiger partial charge in [-0.2, -0.15) is 5.10 Å². The number of fused-ring (bicyclic) bond motifs is 2. The largest absolute Gasteiger partial charge is 0.481 e. The van der Waals surface area contributed by atoms with E-state index in [-0.39, 0.29) is 29.8 Å². The molecule has 2 fully saturated rings. The average molecular weight is 749 g/mol. The first kappa shape index (κ1) is 36.0. The quantitative estimate of drug-likeness (QED) is 0.162. The molecule has 3 aliphatic rings. The van der Waals surface area contributed by atoms with Crippen LogP contribution in [0.3, 0.4) is 0 Å². The molecule has 0 saturated carbocycles. The summed E-state index contributed by atoms with van der Waals surface area (Å²) in [5, 5.41) is 21.9. The molecule has 2 amide bonds. The highest BCUT2D eigenvalue weighted by Crippen LogP contribution is 2.46. The zero-order valence-electron chi connectivity index (χ0n) is 31.1. The Hall–Kier alpha value is -5.04. The number of amides is 2. The minimum atomic E-state index is -0.254. The Labute approximate surface area is 319 Å². The number of rotatable bonds is 9. The Morgan fingerprint density at radius 1 is 1.07 bits per heavy atom. The Balaban J connectivity index is 1.10. The van der Waals surface area contributed by atoms with E-state index in [1.807, 2.05) is 37.3 Å². The molecular weight excluding hydrogens is 704 g/mol. The summed E-state index contributed by atoms with van der Waals surface area (Å²) < 4.78 is 7.34. The topological polar surface area (TPSA) is 138 Å². The van der Waals surface area contributed by atoms with Crippen LogP contribution in [0, 0.1) is 6.92 Å². The summed E-state index contributed by atoms with van der Waals surface area (Å²) in [6, 6.07) is 16.2. The van der Waals surface area contributed by atoms with Gasteiger partial charge >= 0.3 is 6.03 Å². The summed E-state index contributed by atoms with van der Waals surface area (Å²) >= 11 is 7.21. The van der Waals surface area contributed by atoms with Gasteiger partial charge in [-0.1, -0.05) is 48.9 Å². The molecule has 2 saturated heterocycles. The molecule has 54 heavy (non-hydrogen) atoms. The minimum Gasteiger partial charge on any atom is -0.481 e. The lowest BCUT2D eigenvalue weighted by atomic mass is 9.91. The third kappa shape index (κ3) is 6.25. The number of aliphatic hydroxyl groups is 1. The SMILES string of the molecule is CCc1c(-c2cc3c(c(OC)n2)C(N2CCC4(CCN(CCO)C(=O)N4)C2)CC3)cccc1-c1cccc(Nc2nc(C)cc3cnn(C)c(=O)c23)c1Cl. The molecule has 2 aromatic carbocycles. The Kier molecular flexibility index (Phi) is 9.53. The van der Waals surface area contributed by atoms with Gasteiger partial charge in [0.2, 0.25) is 5.88 Å². The van der Waals surface area contributed by atoms with Crippen molar-refractivity contribution in [2.24, 2.45) is 7.05 Å². The molecule has 3 N–H and O–H groups in total. The summed E-state index contributed by atoms with van der Waals surface area (Å²) in [5.41, 5.74) is 8.13. The number of hydrogen-bond acceptors (Lipinski definition) is 9. The second kappa shape index (κ2) is 14.3. The maximum Gasteiger partial charge on any atom is 0.317 e. The van der Waals surface area contributed by atoms with Crippen LogP contribution in [0.4, 0.5) is 16.3 Å². The predicted octanol–water partition coefficient (Wildman–Crippen LogP) is 6.17. The molecule has 1 aliphatic carbocycles. The van der Waals surface area contributed by atoms with Gasteiger partial charge in [-0.25, -0.2) is 19.4 Å². The third-order valence-corrected chi connectivity index (χ3v) is 11.8. The highest BCUT2D eigenvalue weighted by Gasteiger charge is 2.46. The fourth-order valence-electron chi connectivity index (χ4n) is 8.77. The van der Waals surface area contributed by atoms with Crippen molar-refractivity contribution in [3.8, 4) is 28.3 Å². The number of β-amino-alcohol motifs (C(OH)–C–C–N with tert-alkyl or cyclic N) is 1. The van der Waals surface area contributed by atoms with Crippen LogP contribution in [0.2, 0.25) is 5.02 Å². The molecule has 2 unspecified atom stereocenters. The summed E-state index contributed by atoms with van der Waals surface area (Å²) in [6.45, 7) is 6.67. The zero-order valence-corrected chi connectivity index (χ0v) is 31.8. The number of methoxy groups -OCH3 is 1. The van der Waals surface area contributed by atoms with Crippen LogP contribution in [0.1, 0.15) is 54.6 Å². The predicted molar refractivity (Wildman–Crippen MR) is 211 cm³/mol. The first-order valence-corrected chi connectivity index (χ1v) is 19.0. The van der Waals surface area contributed by atoms with E-state index in [1.165, 1.54) is 10.2 Å². The van der Waals surface area contributed by atoms with Gasteiger partial charge in [0.15, 0.2) is 0 Å². The van der Waals surface area contributed by atoms with E-state index < -0.39 is 0 Å². The molecule has 0 radical (unpaired) electrons. The number of benzene rings is 2. The van der Waals surface area contributed by atoms with Crippen molar-refractivity contribution in [1.82, 2.24) is 34.9 Å². The van der Waals surface area contributed by atoms with E-state index in [9.17, 15) is 14.7 Å². The first-order valence-electron chi connectivity index (χ1n) is 18.6. The van der Waals surface area contributed by atoms with E-state index in [2.05, 4.69) is 50.7 Å². The lowest BCUT2D eigenvalue weighted by molar-refractivity contribution is 0.127. The summed E-state index contributed by atoms with van der Waals surface area (Å²) in [4.78, 5) is 40.0. The summed E-state index contributed by atoms with van der Waals surface area (Å²) in [6.07, 6.45) is 6.04. The number of anilines is 2. The number of aromatic nitrogens is 4. The maximum absolute atomic E-state index is 13.1. The molecule has 12 nitrogen and oxygen atoms in total. The molecule has 1 spiro atoms. The number of nitrogens with zero attached hydrogens (tertiary/aromatic N) is 6. The van der Waals surface area contributed by atoms with Crippen LogP contribution in [0.25, 0.3) is 33.2 Å². The van der Waals surface area contributed by atoms with Crippen molar-refractivity contribution in [2.75, 3.05) is 45.2 Å². The highest BCUT2D eigenvalue weighted by molar-refractivity contribution is 6.36. The van der Waals surface area contributed by atoms with E-state index in [0.29, 0.717) is 46.3 Å². The number of pyridine rings is 2. The van der Waals surface area contributed by atoms with Crippen LogP contribution >= 0.6 is 11.6 Å². The number of carbonyl (C=O) groups is 1. The standard InChI is InChI=1S/C41H45ClN8O4/c1-5-27-28(30-10-7-11-31(36(30)42)45-37-35-26(20-24(2)44-37)22-43-48(3)39(35)52)8-6-9-29(27)32-21-25-12-13-33(34(25)38(46-32)54-4)50-17-15-41(23-50)14-16-49(18-19-51)40(53)47-41/h6-11,20-22,33,51H,5,12-19,23H2,1-4H3,(H,44,45)(H,47,53). The number of urea groups is 1. The number of ether oxygens (including phenoxy) is 1. The number of nitrogens with one attached hydrogen (secondary N) is 2. The lowest BCUT2D eigenvalue weighted by Crippen LogP contribution is -2.61. The molecule has 0 bridgehead atoms. The molecule has 280 valence electrons. The van der Waals surface area contributed by atoms with Crippen molar-refractivity contribution < 1.29 is 14.6 Å². The van der Waals surface area contributed by atoms with E-state index in [4.69, 9.17) is 21.3 Å². The van der Waals surface area contributed by atoms with Crippen molar-refractivity contribution >= 4 is 39.9 Å². The number of hydrogen-bond donors (Lipinski definition) is 3. The van der Waals surface area contributed by atoms with Gasteiger partial charge in [-0.15, -0.1) is 0 Å². The monoisotopic (exact) mass is 748 g/mol. The summed E-state index contributed by atoms with van der Waals surface area (Å²) in [5.74, 6) is 1.07. The number of aliphatic hydroxyl groups excluding tert-OH is 1. The maximum atomic E-state index is 13.1. The van der Waals surface area contributed by atoms with Gasteiger partial charge in [-0.05, 0) is 73.9 Å². The van der Waals surface area contributed by atoms with Gasteiger partial charge in [0, 0.05) is 67.0 Å². The first-order chi connectivity index (χ1) is 26.1. The van der Waals surface area contributed by atoms with Crippen LogP contribution in [0.5, 0.6) is 5.88 Å². The number of carbonyl (C=O) groups excluding carboxylic acids is 1. The van der Waals surface area contributed by atoms with Crippen molar-refractivity contribution in [1.29, 1.82) is 0 Å². The second-order valence-corrected chi connectivity index (χ2v) is 15.0. The molecular formula is C41H45ClN8O4. The normalized spacial score (nSPS) is 19.8. The molecule has 2 aliphatic heterocycles. The second-order valence-electron chi connectivity index (χ2n) is 14.7. The third-order valence-electron chi connectivity index (χ3n) is 11.4. The Morgan fingerprint density at radius 2 is 1.85 bits per heavy atom. The van der Waals surface area contributed by atoms with Gasteiger partial charge in [-0.3, -0.25) is 9.69 Å². The van der Waals surface area contributed by atoms with E-state index >= 15 is 0 Å². The van der Waals surface area contributed by atoms with Crippen LogP contribution in [0.15, 0.2) is 59.5 Å². The van der Waals surface area contributed by atoms with Gasteiger partial charge < -0.3 is 25.4 Å². The van der Waals surface area contributed by atoms with Crippen LogP contribution in [-0.4, -0.2) is 86.1 Å². The molecule has 8 rings (SSSR count). The fraction of sp³-hybridized carbons (Fsp3) is 0.390. The molecule has 3 aromatic heterocycles. The smallest absolute Gasteiger partial charge is 0.317 e. The zero-order chi connectivity index (χ0) is 37.7. The average Bonchev–Trinajstić information content (AvgIpc) is 3.78. The molecule has 13 heteroatoms. The summed E-state index contributed by atoms with van der Waals surface area (Å²) in [7, 11) is 3.32. The fourth-order valence-corrected chi connectivity index (χ4v) is 9.05. The number of likely N-dealkylation sites (tertiary alicyclic amines) is 1. The molecule has 2 atom stereocenters. The van der Waals surface area contributed by atoms with Crippen molar-refractivity contribution in [3.63, 3.8) is 0 Å². The number of aryl methyl sites for hydroxylation is 3. The lowest BCUT2D eigenvalue weighted by Gasteiger charge is -2.40. The van der Waals surface area contributed by atoms with Crippen LogP contribution in [-0.2, 0) is 19.9 Å². The molecule has 5 aromatic rings. The number of halogens is 1. The molecule has 5 heterocycles. The van der Waals surface area contributed by atoms with Crippen molar-refractivity contribution in [3.05, 3.63) is 92.5 Å².